The number of hydrogen-bond donors (Lipinski definition) is 1. The Morgan fingerprint density at radius 3 is 2.69 bits per heavy atom. The SMILES string of the molecule is CCN(CC)Cc1c[nH]c2ccc(-c3cn[c]c(OCc4c(F)ccc(F)c4Cl)n3)cc12. The molecule has 0 atom stereocenters. The molecule has 1 radical (unpaired) electrons. The molecule has 4 aromatic rings. The number of fused-ring (bicyclic) bond motifs is 1. The van der Waals surface area contributed by atoms with E-state index in [1.807, 2.05) is 18.3 Å². The largest absolute Gasteiger partial charge is 0.471 e. The molecule has 0 saturated heterocycles. The number of H-pyrrole nitrogens is 1. The van der Waals surface area contributed by atoms with E-state index in [2.05, 4.69) is 46.0 Å². The van der Waals surface area contributed by atoms with Crippen LogP contribution in [0.5, 0.6) is 5.88 Å². The number of rotatable bonds is 8. The van der Waals surface area contributed by atoms with Crippen LogP contribution < -0.4 is 4.74 Å². The Morgan fingerprint density at radius 1 is 1.12 bits per heavy atom. The van der Waals surface area contributed by atoms with E-state index in [0.29, 0.717) is 5.69 Å². The molecule has 0 aliphatic rings. The fraction of sp³-hybridized carbons (Fsp3) is 0.250. The van der Waals surface area contributed by atoms with Gasteiger partial charge < -0.3 is 9.72 Å². The summed E-state index contributed by atoms with van der Waals surface area (Å²) >= 11 is 5.86. The number of hydrogen-bond acceptors (Lipinski definition) is 4. The van der Waals surface area contributed by atoms with Crippen molar-refractivity contribution in [2.75, 3.05) is 13.1 Å². The summed E-state index contributed by atoms with van der Waals surface area (Å²) in [6.45, 7) is 6.79. The highest BCUT2D eigenvalue weighted by Crippen LogP contribution is 2.28. The Morgan fingerprint density at radius 2 is 1.91 bits per heavy atom. The molecule has 4 rings (SSSR count). The second kappa shape index (κ2) is 9.63. The summed E-state index contributed by atoms with van der Waals surface area (Å²) in [5.41, 5.74) is 3.61. The Hall–Kier alpha value is -3.03. The van der Waals surface area contributed by atoms with E-state index >= 15 is 0 Å². The van der Waals surface area contributed by atoms with Crippen LogP contribution in [-0.2, 0) is 13.2 Å². The predicted molar refractivity (Wildman–Crippen MR) is 120 cm³/mol. The zero-order valence-electron chi connectivity index (χ0n) is 17.8. The number of benzene rings is 2. The lowest BCUT2D eigenvalue weighted by Gasteiger charge is -2.17. The van der Waals surface area contributed by atoms with Crippen molar-refractivity contribution in [2.24, 2.45) is 0 Å². The van der Waals surface area contributed by atoms with Gasteiger partial charge in [0.25, 0.3) is 0 Å². The minimum Gasteiger partial charge on any atom is -0.471 e. The van der Waals surface area contributed by atoms with E-state index in [0.717, 1.165) is 48.2 Å². The summed E-state index contributed by atoms with van der Waals surface area (Å²) in [6.07, 6.45) is 6.25. The van der Waals surface area contributed by atoms with Crippen LogP contribution in [0, 0.1) is 17.8 Å². The molecule has 8 heteroatoms. The van der Waals surface area contributed by atoms with Gasteiger partial charge in [-0.15, -0.1) is 0 Å². The van der Waals surface area contributed by atoms with E-state index in [1.54, 1.807) is 6.20 Å². The van der Waals surface area contributed by atoms with Crippen LogP contribution in [0.1, 0.15) is 25.0 Å². The van der Waals surface area contributed by atoms with E-state index in [4.69, 9.17) is 16.3 Å². The molecular formula is C24H22ClF2N4O. The van der Waals surface area contributed by atoms with Gasteiger partial charge in [0, 0.05) is 34.8 Å². The molecule has 1 N–H and O–H groups in total. The smallest absolute Gasteiger partial charge is 0.243 e. The van der Waals surface area contributed by atoms with Crippen molar-refractivity contribution in [3.63, 3.8) is 0 Å². The zero-order valence-corrected chi connectivity index (χ0v) is 18.5. The highest BCUT2D eigenvalue weighted by atomic mass is 35.5. The number of aromatic nitrogens is 3. The molecule has 0 unspecified atom stereocenters. The first kappa shape index (κ1) is 22.2. The van der Waals surface area contributed by atoms with Crippen LogP contribution in [0.2, 0.25) is 5.02 Å². The lowest BCUT2D eigenvalue weighted by atomic mass is 10.1. The average Bonchev–Trinajstić information content (AvgIpc) is 3.22. The van der Waals surface area contributed by atoms with E-state index < -0.39 is 11.6 Å². The van der Waals surface area contributed by atoms with Crippen molar-refractivity contribution in [3.05, 3.63) is 76.7 Å². The maximum atomic E-state index is 14.0. The number of aromatic amines is 1. The van der Waals surface area contributed by atoms with Gasteiger partial charge in [-0.1, -0.05) is 31.5 Å². The van der Waals surface area contributed by atoms with Crippen LogP contribution in [0.15, 0.2) is 42.7 Å². The molecule has 0 fully saturated rings. The fourth-order valence-electron chi connectivity index (χ4n) is 3.51. The summed E-state index contributed by atoms with van der Waals surface area (Å²) in [5, 5.41) is 0.799. The quantitative estimate of drug-likeness (QED) is 0.342. The van der Waals surface area contributed by atoms with Crippen LogP contribution in [0.3, 0.4) is 0 Å². The van der Waals surface area contributed by atoms with Gasteiger partial charge in [0.2, 0.25) is 5.88 Å². The van der Waals surface area contributed by atoms with Gasteiger partial charge in [0.1, 0.15) is 18.2 Å². The summed E-state index contributed by atoms with van der Waals surface area (Å²) in [7, 11) is 0. The second-order valence-corrected chi connectivity index (χ2v) is 7.70. The standard InChI is InChI=1S/C24H22ClF2N4O/c1-3-31(4-2)13-16-10-29-21-8-5-15(9-17(16)21)22-11-28-12-23(30-22)32-14-18-19(26)6-7-20(27)24(18)25/h5-11,29H,3-4,13-14H2,1-2H3. The number of nitrogens with zero attached hydrogens (tertiary/aromatic N) is 3. The summed E-state index contributed by atoms with van der Waals surface area (Å²) in [5.74, 6) is -1.30. The molecule has 32 heavy (non-hydrogen) atoms. The molecular weight excluding hydrogens is 434 g/mol. The summed E-state index contributed by atoms with van der Waals surface area (Å²) < 4.78 is 33.1. The van der Waals surface area contributed by atoms with Crippen molar-refractivity contribution in [3.8, 4) is 17.1 Å². The van der Waals surface area contributed by atoms with Gasteiger partial charge in [-0.3, -0.25) is 4.90 Å². The zero-order chi connectivity index (χ0) is 22.7. The van der Waals surface area contributed by atoms with Crippen molar-refractivity contribution in [1.29, 1.82) is 0 Å². The molecule has 0 aliphatic heterocycles. The van der Waals surface area contributed by atoms with Gasteiger partial charge in [-0.05, 0) is 42.9 Å². The van der Waals surface area contributed by atoms with Crippen LogP contribution in [0.25, 0.3) is 22.2 Å². The number of nitrogens with one attached hydrogen (secondary N) is 1. The minimum absolute atomic E-state index is 0.0692. The third-order valence-corrected chi connectivity index (χ3v) is 5.82. The topological polar surface area (TPSA) is 54.0 Å². The van der Waals surface area contributed by atoms with Gasteiger partial charge in [-0.25, -0.2) is 18.7 Å². The molecule has 165 valence electrons. The Bertz CT molecular complexity index is 1240. The van der Waals surface area contributed by atoms with Crippen molar-refractivity contribution in [2.45, 2.75) is 27.0 Å². The fourth-order valence-corrected chi connectivity index (χ4v) is 3.72. The molecule has 0 bridgehead atoms. The monoisotopic (exact) mass is 455 g/mol. The van der Waals surface area contributed by atoms with E-state index in [-0.39, 0.29) is 23.1 Å². The maximum Gasteiger partial charge on any atom is 0.243 e. The van der Waals surface area contributed by atoms with Crippen LogP contribution >= 0.6 is 11.6 Å². The average molecular weight is 456 g/mol. The van der Waals surface area contributed by atoms with Crippen molar-refractivity contribution in [1.82, 2.24) is 19.9 Å². The summed E-state index contributed by atoms with van der Waals surface area (Å²) in [6, 6.07) is 7.97. The van der Waals surface area contributed by atoms with Crippen LogP contribution in [0.4, 0.5) is 8.78 Å². The third-order valence-electron chi connectivity index (χ3n) is 5.41. The molecule has 5 nitrogen and oxygen atoms in total. The lowest BCUT2D eigenvalue weighted by molar-refractivity contribution is 0.285. The molecule has 0 aliphatic carbocycles. The predicted octanol–water partition coefficient (Wildman–Crippen LogP) is 5.78. The van der Waals surface area contributed by atoms with Gasteiger partial charge >= 0.3 is 0 Å². The number of ether oxygens (including phenoxy) is 1. The Kier molecular flexibility index (Phi) is 6.67. The van der Waals surface area contributed by atoms with Gasteiger partial charge in [0.05, 0.1) is 16.9 Å². The maximum absolute atomic E-state index is 14.0. The van der Waals surface area contributed by atoms with Gasteiger partial charge in [0.15, 0.2) is 6.20 Å². The van der Waals surface area contributed by atoms with E-state index in [1.165, 1.54) is 5.56 Å². The molecule has 0 saturated carbocycles. The van der Waals surface area contributed by atoms with Crippen LogP contribution in [-0.4, -0.2) is 32.9 Å². The van der Waals surface area contributed by atoms with Crippen molar-refractivity contribution < 1.29 is 13.5 Å². The highest BCUT2D eigenvalue weighted by molar-refractivity contribution is 6.31. The number of halogens is 3. The Balaban J connectivity index is 1.58. The first-order valence-corrected chi connectivity index (χ1v) is 10.7. The van der Waals surface area contributed by atoms with E-state index in [9.17, 15) is 8.78 Å². The molecule has 0 spiro atoms. The normalized spacial score (nSPS) is 11.4. The summed E-state index contributed by atoms with van der Waals surface area (Å²) in [4.78, 5) is 14.2. The third kappa shape index (κ3) is 4.59. The minimum atomic E-state index is -0.712. The second-order valence-electron chi connectivity index (χ2n) is 7.32. The highest BCUT2D eigenvalue weighted by Gasteiger charge is 2.14. The molecule has 0 amide bonds. The van der Waals surface area contributed by atoms with Gasteiger partial charge in [-0.2, -0.15) is 0 Å². The first-order chi connectivity index (χ1) is 15.5. The first-order valence-electron chi connectivity index (χ1n) is 10.3. The molecule has 2 aromatic heterocycles. The van der Waals surface area contributed by atoms with Crippen molar-refractivity contribution >= 4 is 22.5 Å². The molecule has 2 heterocycles. The Labute approximate surface area is 190 Å². The lowest BCUT2D eigenvalue weighted by Crippen LogP contribution is -2.21. The molecule has 2 aromatic carbocycles.